The third-order valence-electron chi connectivity index (χ3n) is 5.74. The van der Waals surface area contributed by atoms with Gasteiger partial charge < -0.3 is 4.57 Å². The summed E-state index contributed by atoms with van der Waals surface area (Å²) >= 11 is 0. The summed E-state index contributed by atoms with van der Waals surface area (Å²) in [5.41, 5.74) is -1.43. The monoisotopic (exact) mass is 557 g/mol. The Morgan fingerprint density at radius 2 is 1.92 bits per heavy atom. The molecule has 2 heterocycles. The Morgan fingerprint density at radius 3 is 2.54 bits per heavy atom. The summed E-state index contributed by atoms with van der Waals surface area (Å²) in [6.45, 7) is 0.861. The summed E-state index contributed by atoms with van der Waals surface area (Å²) in [6.07, 6.45) is 1.04. The lowest BCUT2D eigenvalue weighted by molar-refractivity contribution is -0.385. The van der Waals surface area contributed by atoms with E-state index < -0.39 is 60.6 Å². The van der Waals surface area contributed by atoms with Crippen LogP contribution in [0, 0.1) is 28.7 Å². The quantitative estimate of drug-likeness (QED) is 0.346. The van der Waals surface area contributed by atoms with Gasteiger partial charge in [0.1, 0.15) is 17.3 Å². The van der Waals surface area contributed by atoms with Gasteiger partial charge in [-0.3, -0.25) is 19.2 Å². The van der Waals surface area contributed by atoms with Crippen molar-refractivity contribution in [2.45, 2.75) is 19.9 Å². The molecule has 1 aliphatic rings. The number of halogens is 2. The normalized spacial score (nSPS) is 15.6. The summed E-state index contributed by atoms with van der Waals surface area (Å²) in [5, 5.41) is 11.3. The smallest absolute Gasteiger partial charge is 0.301 e. The number of nitro benzene ring substituents is 1. The minimum absolute atomic E-state index is 0.0524. The van der Waals surface area contributed by atoms with Crippen LogP contribution in [0.4, 0.5) is 20.2 Å². The fourth-order valence-electron chi connectivity index (χ4n) is 4.14. The second-order valence-corrected chi connectivity index (χ2v) is 11.9. The van der Waals surface area contributed by atoms with E-state index in [0.717, 1.165) is 33.1 Å². The maximum Gasteiger partial charge on any atom is 0.301 e. The molecule has 16 heteroatoms. The van der Waals surface area contributed by atoms with Crippen LogP contribution in [0.15, 0.2) is 30.3 Å². The number of amides is 1. The molecule has 0 aliphatic carbocycles. The molecule has 4 rings (SSSR count). The number of non-ortho nitro benzene ring substituents is 1. The van der Waals surface area contributed by atoms with Crippen LogP contribution >= 0.6 is 0 Å². The molecule has 0 bridgehead atoms. The van der Waals surface area contributed by atoms with Gasteiger partial charge in [-0.05, 0) is 37.1 Å². The highest BCUT2D eigenvalue weighted by atomic mass is 32.2. The number of fused-ring (bicyclic) bond motifs is 1. The first-order valence-corrected chi connectivity index (χ1v) is 14.1. The molecule has 0 unspecified atom stereocenters. The van der Waals surface area contributed by atoms with E-state index in [1.165, 1.54) is 13.0 Å². The third kappa shape index (κ3) is 5.12. The van der Waals surface area contributed by atoms with E-state index in [1.54, 1.807) is 4.72 Å². The standard InChI is InChI=1S/C21H21F2N5O7S2/c1-12-8-15-18(10-17(12)23)26(11-13-9-14(28(30)31)4-5-16(13)22)20(21(29)25-36(2,32)33)19(15)27-7-3-6-24-37(27,34)35/h4-5,8-10,24H,3,6-7,11H2,1-2H3,(H,25,29). The molecular weight excluding hydrogens is 536 g/mol. The Bertz CT molecular complexity index is 1670. The number of hydrogen-bond acceptors (Lipinski definition) is 7. The topological polar surface area (TPSA) is 161 Å². The Morgan fingerprint density at radius 1 is 1.22 bits per heavy atom. The van der Waals surface area contributed by atoms with Crippen molar-refractivity contribution in [1.82, 2.24) is 14.0 Å². The van der Waals surface area contributed by atoms with Crippen molar-refractivity contribution in [3.63, 3.8) is 0 Å². The molecule has 2 N–H and O–H groups in total. The SMILES string of the molecule is Cc1cc2c(N3CCCNS3(=O)=O)c(C(=O)NS(C)(=O)=O)n(Cc3cc([N+](=O)[O-])ccc3F)c2cc1F. The molecule has 12 nitrogen and oxygen atoms in total. The zero-order valence-electron chi connectivity index (χ0n) is 19.5. The molecule has 0 radical (unpaired) electrons. The van der Waals surface area contributed by atoms with Crippen LogP contribution in [0.2, 0.25) is 0 Å². The van der Waals surface area contributed by atoms with E-state index >= 15 is 0 Å². The lowest BCUT2D eigenvalue weighted by Crippen LogP contribution is -2.47. The minimum atomic E-state index is -4.19. The highest BCUT2D eigenvalue weighted by molar-refractivity contribution is 7.91. The number of sulfonamides is 1. The summed E-state index contributed by atoms with van der Waals surface area (Å²) in [4.78, 5) is 23.8. The van der Waals surface area contributed by atoms with Gasteiger partial charge in [-0.25, -0.2) is 21.9 Å². The molecule has 2 aromatic carbocycles. The van der Waals surface area contributed by atoms with Crippen molar-refractivity contribution in [3.05, 3.63) is 68.9 Å². The Hall–Kier alpha value is -3.63. The van der Waals surface area contributed by atoms with E-state index in [2.05, 4.69) is 4.72 Å². The molecule has 3 aromatic rings. The maximum atomic E-state index is 14.7. The molecule has 1 fully saturated rings. The second-order valence-electron chi connectivity index (χ2n) is 8.46. The molecule has 0 saturated carbocycles. The number of aromatic nitrogens is 1. The number of aryl methyl sites for hydroxylation is 1. The highest BCUT2D eigenvalue weighted by Gasteiger charge is 2.35. The summed E-state index contributed by atoms with van der Waals surface area (Å²) < 4.78 is 85.1. The summed E-state index contributed by atoms with van der Waals surface area (Å²) in [6, 6.07) is 5.00. The Labute approximate surface area is 210 Å². The largest absolute Gasteiger partial charge is 0.330 e. The molecule has 1 aromatic heterocycles. The van der Waals surface area contributed by atoms with Gasteiger partial charge in [0.15, 0.2) is 0 Å². The van der Waals surface area contributed by atoms with Crippen molar-refractivity contribution in [1.29, 1.82) is 0 Å². The number of rotatable bonds is 6. The molecule has 0 atom stereocenters. The highest BCUT2D eigenvalue weighted by Crippen LogP contribution is 2.38. The second kappa shape index (κ2) is 9.35. The molecule has 1 saturated heterocycles. The van der Waals surface area contributed by atoms with Gasteiger partial charge in [-0.15, -0.1) is 0 Å². The van der Waals surface area contributed by atoms with Crippen molar-refractivity contribution >= 4 is 48.4 Å². The van der Waals surface area contributed by atoms with Crippen LogP contribution in [0.25, 0.3) is 10.9 Å². The first-order chi connectivity index (χ1) is 17.2. The van der Waals surface area contributed by atoms with Gasteiger partial charge in [0.2, 0.25) is 10.0 Å². The van der Waals surface area contributed by atoms with Crippen molar-refractivity contribution in [2.75, 3.05) is 23.7 Å². The van der Waals surface area contributed by atoms with Gasteiger partial charge in [0, 0.05) is 36.2 Å². The third-order valence-corrected chi connectivity index (χ3v) is 7.81. The first kappa shape index (κ1) is 26.4. The zero-order chi connectivity index (χ0) is 27.3. The summed E-state index contributed by atoms with van der Waals surface area (Å²) in [7, 11) is -8.34. The first-order valence-electron chi connectivity index (χ1n) is 10.7. The van der Waals surface area contributed by atoms with Gasteiger partial charge in [0.25, 0.3) is 11.6 Å². The van der Waals surface area contributed by atoms with E-state index in [1.807, 2.05) is 0 Å². The molecular formula is C21H21F2N5O7S2. The van der Waals surface area contributed by atoms with Crippen molar-refractivity contribution in [3.8, 4) is 0 Å². The van der Waals surface area contributed by atoms with E-state index in [4.69, 9.17) is 0 Å². The van der Waals surface area contributed by atoms with Gasteiger partial charge in [-0.1, -0.05) is 0 Å². The Kier molecular flexibility index (Phi) is 6.68. The average molecular weight is 558 g/mol. The number of hydrogen-bond donors (Lipinski definition) is 2. The molecule has 198 valence electrons. The van der Waals surface area contributed by atoms with E-state index in [9.17, 15) is 40.5 Å². The number of carbonyl (C=O) groups excluding carboxylic acids is 1. The van der Waals surface area contributed by atoms with Gasteiger partial charge in [-0.2, -0.15) is 13.1 Å². The number of benzene rings is 2. The lowest BCUT2D eigenvalue weighted by Gasteiger charge is -2.29. The molecule has 37 heavy (non-hydrogen) atoms. The van der Waals surface area contributed by atoms with Crippen LogP contribution in [0.3, 0.4) is 0 Å². The number of nitro groups is 1. The molecule has 0 spiro atoms. The van der Waals surface area contributed by atoms with Crippen LogP contribution in [0.5, 0.6) is 0 Å². The number of carbonyl (C=O) groups is 1. The molecule has 1 amide bonds. The summed E-state index contributed by atoms with van der Waals surface area (Å²) in [5.74, 6) is -2.87. The van der Waals surface area contributed by atoms with E-state index in [0.29, 0.717) is 12.7 Å². The Balaban J connectivity index is 2.09. The lowest BCUT2D eigenvalue weighted by atomic mass is 10.1. The minimum Gasteiger partial charge on any atom is -0.330 e. The fraction of sp³-hybridized carbons (Fsp3) is 0.286. The van der Waals surface area contributed by atoms with Crippen molar-refractivity contribution < 1.29 is 35.3 Å². The predicted molar refractivity (Wildman–Crippen MR) is 130 cm³/mol. The van der Waals surface area contributed by atoms with Gasteiger partial charge >= 0.3 is 10.2 Å². The van der Waals surface area contributed by atoms with E-state index in [-0.39, 0.29) is 40.8 Å². The van der Waals surface area contributed by atoms with Crippen LogP contribution in [0.1, 0.15) is 28.0 Å². The van der Waals surface area contributed by atoms with Crippen LogP contribution in [-0.2, 0) is 26.8 Å². The van der Waals surface area contributed by atoms with Crippen molar-refractivity contribution in [2.24, 2.45) is 0 Å². The number of anilines is 1. The fourth-order valence-corrected chi connectivity index (χ4v) is 5.93. The number of nitrogens with one attached hydrogen (secondary N) is 2. The van der Waals surface area contributed by atoms with Crippen LogP contribution in [-0.4, -0.2) is 51.6 Å². The molecule has 1 aliphatic heterocycles. The average Bonchev–Trinajstić information content (AvgIpc) is 3.06. The predicted octanol–water partition coefficient (Wildman–Crippen LogP) is 1.92. The van der Waals surface area contributed by atoms with Gasteiger partial charge in [0.05, 0.1) is 28.9 Å². The maximum absolute atomic E-state index is 14.7. The number of nitrogens with zero attached hydrogens (tertiary/aromatic N) is 3. The zero-order valence-corrected chi connectivity index (χ0v) is 21.1. The van der Waals surface area contributed by atoms with Crippen LogP contribution < -0.4 is 13.7 Å².